The number of benzene rings is 2. The van der Waals surface area contributed by atoms with Crippen LogP contribution in [0.2, 0.25) is 10.0 Å². The molecule has 7 heteroatoms. The Bertz CT molecular complexity index is 726. The van der Waals surface area contributed by atoms with E-state index < -0.39 is 11.6 Å². The van der Waals surface area contributed by atoms with Crippen molar-refractivity contribution in [3.05, 3.63) is 58.1 Å². The maximum absolute atomic E-state index is 14.0. The van der Waals surface area contributed by atoms with Crippen molar-refractivity contribution in [3.8, 4) is 0 Å². The molecule has 0 aromatic heterocycles. The summed E-state index contributed by atoms with van der Waals surface area (Å²) in [6.45, 7) is 0.102. The van der Waals surface area contributed by atoms with Gasteiger partial charge in [0.2, 0.25) is 0 Å². The van der Waals surface area contributed by atoms with Crippen molar-refractivity contribution >= 4 is 34.6 Å². The summed E-state index contributed by atoms with van der Waals surface area (Å²) in [6.07, 6.45) is -4.47. The highest BCUT2D eigenvalue weighted by Crippen LogP contribution is 2.49. The molecule has 2 aromatic rings. The van der Waals surface area contributed by atoms with Gasteiger partial charge in [0.1, 0.15) is 5.41 Å². The number of hydrogen-bond donors (Lipinski definition) is 1. The van der Waals surface area contributed by atoms with E-state index in [4.69, 9.17) is 28.9 Å². The van der Waals surface area contributed by atoms with Crippen LogP contribution in [-0.2, 0) is 5.41 Å². The van der Waals surface area contributed by atoms with E-state index in [0.29, 0.717) is 11.4 Å². The Kier molecular flexibility index (Phi) is 4.34. The first-order valence-corrected chi connectivity index (χ1v) is 8.11. The summed E-state index contributed by atoms with van der Waals surface area (Å²) in [4.78, 5) is 1.71. The molecule has 1 saturated heterocycles. The van der Waals surface area contributed by atoms with E-state index >= 15 is 0 Å². The molecule has 1 aliphatic rings. The van der Waals surface area contributed by atoms with Crippen molar-refractivity contribution in [3.63, 3.8) is 0 Å². The number of anilines is 2. The fourth-order valence-corrected chi connectivity index (χ4v) is 3.70. The molecule has 0 saturated carbocycles. The summed E-state index contributed by atoms with van der Waals surface area (Å²) in [5, 5.41) is 0.402. The first-order chi connectivity index (χ1) is 11.2. The molecule has 0 spiro atoms. The van der Waals surface area contributed by atoms with Crippen molar-refractivity contribution in [2.75, 3.05) is 23.7 Å². The molecule has 1 unspecified atom stereocenters. The zero-order valence-corrected chi connectivity index (χ0v) is 14.1. The molecule has 2 nitrogen and oxygen atoms in total. The van der Waals surface area contributed by atoms with Gasteiger partial charge in [-0.05, 0) is 54.4 Å². The van der Waals surface area contributed by atoms with Crippen molar-refractivity contribution < 1.29 is 13.2 Å². The second-order valence-corrected chi connectivity index (χ2v) is 6.87. The van der Waals surface area contributed by atoms with Crippen LogP contribution in [0, 0.1) is 0 Å². The van der Waals surface area contributed by atoms with E-state index in [1.54, 1.807) is 29.2 Å². The van der Waals surface area contributed by atoms with Gasteiger partial charge in [-0.1, -0.05) is 23.2 Å². The molecule has 1 aliphatic heterocycles. The second kappa shape index (κ2) is 6.05. The molecule has 1 atom stereocenters. The lowest BCUT2D eigenvalue weighted by Gasteiger charge is -2.33. The van der Waals surface area contributed by atoms with Gasteiger partial charge in [0.05, 0.1) is 0 Å². The molecule has 1 heterocycles. The Morgan fingerprint density at radius 3 is 2.12 bits per heavy atom. The zero-order valence-electron chi connectivity index (χ0n) is 12.6. The highest BCUT2D eigenvalue weighted by molar-refractivity contribution is 6.34. The first kappa shape index (κ1) is 17.2. The number of halogens is 5. The molecule has 1 fully saturated rings. The van der Waals surface area contributed by atoms with Gasteiger partial charge >= 0.3 is 6.18 Å². The van der Waals surface area contributed by atoms with Gasteiger partial charge in [-0.3, -0.25) is 0 Å². The smallest absolute Gasteiger partial charge is 0.399 e. The molecular weight excluding hydrogens is 360 g/mol. The average Bonchev–Trinajstić information content (AvgIpc) is 2.93. The van der Waals surface area contributed by atoms with E-state index in [-0.39, 0.29) is 35.1 Å². The molecule has 3 rings (SSSR count). The monoisotopic (exact) mass is 374 g/mol. The maximum atomic E-state index is 14.0. The van der Waals surface area contributed by atoms with Gasteiger partial charge in [0.15, 0.2) is 0 Å². The maximum Gasteiger partial charge on any atom is 0.400 e. The standard InChI is InChI=1S/C17H15Cl2F3N2/c18-12-7-11(8-13(19)9-12)16(17(20,21)22)5-6-24(10-16)15-3-1-14(23)2-4-15/h1-4,7-9H,5-6,10,23H2. The Morgan fingerprint density at radius 1 is 1.00 bits per heavy atom. The van der Waals surface area contributed by atoms with Crippen LogP contribution in [0.3, 0.4) is 0 Å². The second-order valence-electron chi connectivity index (χ2n) is 6.00. The van der Waals surface area contributed by atoms with Gasteiger partial charge in [0.25, 0.3) is 0 Å². The minimum absolute atomic E-state index is 0.0580. The van der Waals surface area contributed by atoms with Crippen LogP contribution >= 0.6 is 23.2 Å². The summed E-state index contributed by atoms with van der Waals surface area (Å²) < 4.78 is 42.0. The predicted molar refractivity (Wildman–Crippen MR) is 91.9 cm³/mol. The summed E-state index contributed by atoms with van der Waals surface area (Å²) in [6, 6.07) is 11.0. The lowest BCUT2D eigenvalue weighted by molar-refractivity contribution is -0.184. The third-order valence-electron chi connectivity index (χ3n) is 4.49. The molecule has 2 N–H and O–H groups in total. The van der Waals surface area contributed by atoms with Gasteiger partial charge in [0, 0.05) is 34.5 Å². The van der Waals surface area contributed by atoms with Crippen LogP contribution in [0.1, 0.15) is 12.0 Å². The van der Waals surface area contributed by atoms with Crippen LogP contribution in [0.4, 0.5) is 24.5 Å². The van der Waals surface area contributed by atoms with Crippen LogP contribution in [0.15, 0.2) is 42.5 Å². The normalized spacial score (nSPS) is 21.3. The SMILES string of the molecule is Nc1ccc(N2CCC(c3cc(Cl)cc(Cl)c3)(C(F)(F)F)C2)cc1. The van der Waals surface area contributed by atoms with Crippen molar-refractivity contribution in [1.29, 1.82) is 0 Å². The van der Waals surface area contributed by atoms with E-state index in [1.165, 1.54) is 18.2 Å². The fourth-order valence-electron chi connectivity index (χ4n) is 3.18. The number of nitrogens with zero attached hydrogens (tertiary/aromatic N) is 1. The average molecular weight is 375 g/mol. The lowest BCUT2D eigenvalue weighted by Crippen LogP contribution is -2.44. The summed E-state index contributed by atoms with van der Waals surface area (Å²) in [7, 11) is 0. The summed E-state index contributed by atoms with van der Waals surface area (Å²) in [5.41, 5.74) is 5.03. The van der Waals surface area contributed by atoms with E-state index in [0.717, 1.165) is 0 Å². The minimum atomic E-state index is -4.41. The Labute approximate surface area is 148 Å². The fraction of sp³-hybridized carbons (Fsp3) is 0.294. The summed E-state index contributed by atoms with van der Waals surface area (Å²) >= 11 is 11.9. The van der Waals surface area contributed by atoms with Crippen molar-refractivity contribution in [1.82, 2.24) is 0 Å². The molecule has 2 aromatic carbocycles. The van der Waals surface area contributed by atoms with Crippen LogP contribution in [0.5, 0.6) is 0 Å². The largest absolute Gasteiger partial charge is 0.400 e. The molecule has 24 heavy (non-hydrogen) atoms. The quantitative estimate of drug-likeness (QED) is 0.723. The van der Waals surface area contributed by atoms with Crippen LogP contribution in [-0.4, -0.2) is 19.3 Å². The summed E-state index contributed by atoms with van der Waals surface area (Å²) in [5.74, 6) is 0. The van der Waals surface area contributed by atoms with Crippen LogP contribution in [0.25, 0.3) is 0 Å². The Morgan fingerprint density at radius 2 is 1.58 bits per heavy atom. The van der Waals surface area contributed by atoms with E-state index in [9.17, 15) is 13.2 Å². The topological polar surface area (TPSA) is 29.3 Å². The molecule has 0 amide bonds. The molecule has 0 radical (unpaired) electrons. The third kappa shape index (κ3) is 3.03. The molecule has 128 valence electrons. The Balaban J connectivity index is 2.01. The van der Waals surface area contributed by atoms with E-state index in [1.807, 2.05) is 0 Å². The van der Waals surface area contributed by atoms with Gasteiger partial charge in [-0.2, -0.15) is 13.2 Å². The van der Waals surface area contributed by atoms with E-state index in [2.05, 4.69) is 0 Å². The molecule has 0 aliphatic carbocycles. The highest BCUT2D eigenvalue weighted by Gasteiger charge is 2.59. The number of hydrogen-bond acceptors (Lipinski definition) is 2. The third-order valence-corrected chi connectivity index (χ3v) is 4.92. The van der Waals surface area contributed by atoms with Crippen molar-refractivity contribution in [2.24, 2.45) is 0 Å². The zero-order chi connectivity index (χ0) is 17.5. The Hall–Kier alpha value is -1.59. The van der Waals surface area contributed by atoms with Gasteiger partial charge < -0.3 is 10.6 Å². The number of alkyl halides is 3. The first-order valence-electron chi connectivity index (χ1n) is 7.35. The van der Waals surface area contributed by atoms with Gasteiger partial charge in [-0.25, -0.2) is 0 Å². The van der Waals surface area contributed by atoms with Gasteiger partial charge in [-0.15, -0.1) is 0 Å². The molecule has 0 bridgehead atoms. The lowest BCUT2D eigenvalue weighted by atomic mass is 9.79. The number of rotatable bonds is 2. The number of nitrogen functional groups attached to an aromatic ring is 1. The molecular formula is C17H15Cl2F3N2. The minimum Gasteiger partial charge on any atom is -0.399 e. The number of nitrogens with two attached hydrogens (primary N) is 1. The highest BCUT2D eigenvalue weighted by atomic mass is 35.5. The van der Waals surface area contributed by atoms with Crippen molar-refractivity contribution in [2.45, 2.75) is 18.0 Å². The predicted octanol–water partition coefficient (Wildman–Crippen LogP) is 5.29. The van der Waals surface area contributed by atoms with Crippen LogP contribution < -0.4 is 10.6 Å².